The fourth-order valence-corrected chi connectivity index (χ4v) is 7.29. The molecule has 3 saturated carbocycles. The van der Waals surface area contributed by atoms with E-state index < -0.39 is 0 Å². The molecule has 27 heavy (non-hydrogen) atoms. The molecule has 150 valence electrons. The van der Waals surface area contributed by atoms with Gasteiger partial charge in [-0.05, 0) is 82.6 Å². The Balaban J connectivity index is 1.67. The van der Waals surface area contributed by atoms with Gasteiger partial charge in [-0.25, -0.2) is 0 Å². The van der Waals surface area contributed by atoms with Crippen LogP contribution in [-0.4, -0.2) is 12.1 Å². The summed E-state index contributed by atoms with van der Waals surface area (Å²) in [4.78, 5) is 0. The predicted octanol–water partition coefficient (Wildman–Crippen LogP) is 7.11. The molecule has 0 aliphatic heterocycles. The third kappa shape index (κ3) is 3.09. The normalized spacial score (nSPS) is 34.7. The average molecular weight is 368 g/mol. The molecular formula is C26H41N. The number of rotatable bonds is 4. The Labute approximate surface area is 167 Å². The summed E-state index contributed by atoms with van der Waals surface area (Å²) < 4.78 is 0. The Kier molecular flexibility index (Phi) is 4.98. The molecule has 0 bridgehead atoms. The molecule has 4 aliphatic carbocycles. The highest BCUT2D eigenvalue weighted by atomic mass is 15.0. The lowest BCUT2D eigenvalue weighted by molar-refractivity contribution is 0.0828. The molecule has 4 rings (SSSR count). The van der Waals surface area contributed by atoms with Crippen molar-refractivity contribution in [3.05, 3.63) is 34.9 Å². The average Bonchev–Trinajstić information content (AvgIpc) is 3.28. The Hall–Kier alpha value is -0.820. The molecule has 0 aromatic rings. The molecule has 1 N–H and O–H groups in total. The van der Waals surface area contributed by atoms with Gasteiger partial charge in [-0.1, -0.05) is 62.0 Å². The van der Waals surface area contributed by atoms with Crippen molar-refractivity contribution in [2.75, 3.05) is 6.54 Å². The van der Waals surface area contributed by atoms with Crippen molar-refractivity contribution in [3.8, 4) is 0 Å². The van der Waals surface area contributed by atoms with Crippen LogP contribution in [0.5, 0.6) is 0 Å². The predicted molar refractivity (Wildman–Crippen MR) is 117 cm³/mol. The second-order valence-corrected chi connectivity index (χ2v) is 10.9. The maximum absolute atomic E-state index is 4.30. The topological polar surface area (TPSA) is 12.0 Å². The van der Waals surface area contributed by atoms with E-state index in [0.29, 0.717) is 22.3 Å². The van der Waals surface area contributed by atoms with E-state index in [1.54, 1.807) is 16.7 Å². The van der Waals surface area contributed by atoms with Crippen molar-refractivity contribution in [3.63, 3.8) is 0 Å². The molecule has 1 spiro atoms. The zero-order chi connectivity index (χ0) is 19.3. The van der Waals surface area contributed by atoms with Crippen LogP contribution in [0.15, 0.2) is 34.9 Å². The van der Waals surface area contributed by atoms with E-state index in [1.807, 2.05) is 0 Å². The highest BCUT2D eigenvalue weighted by Gasteiger charge is 2.56. The van der Waals surface area contributed by atoms with Crippen LogP contribution >= 0.6 is 0 Å². The lowest BCUT2D eigenvalue weighted by Gasteiger charge is -2.56. The standard InChI is InChI=1S/C26H41N/c1-19(2)21-10-15-25(5)23(17-21)20(3)16-22(26(25)13-8-9-14-26)18-27-24(4)11-6-7-12-24/h16,21,27H,1,6-15,17-18H2,2-5H3. The van der Waals surface area contributed by atoms with E-state index in [4.69, 9.17) is 0 Å². The van der Waals surface area contributed by atoms with E-state index in [0.717, 1.165) is 6.54 Å². The Bertz CT molecular complexity index is 666. The highest BCUT2D eigenvalue weighted by molar-refractivity contribution is 5.45. The van der Waals surface area contributed by atoms with Gasteiger partial charge in [0.05, 0.1) is 0 Å². The van der Waals surface area contributed by atoms with Gasteiger partial charge in [-0.2, -0.15) is 0 Å². The fourth-order valence-electron chi connectivity index (χ4n) is 7.29. The number of allylic oxidation sites excluding steroid dienone is 4. The molecule has 4 aliphatic rings. The molecule has 0 radical (unpaired) electrons. The van der Waals surface area contributed by atoms with Crippen molar-refractivity contribution in [1.82, 2.24) is 5.32 Å². The van der Waals surface area contributed by atoms with Gasteiger partial charge in [-0.15, -0.1) is 0 Å². The molecule has 2 unspecified atom stereocenters. The molecular weight excluding hydrogens is 326 g/mol. The molecule has 1 nitrogen and oxygen atoms in total. The SMILES string of the molecule is C=C(C)C1CCC2(C)C(=C(C)C=C(CNC3(C)CCCC3)C23CCCC3)C1. The van der Waals surface area contributed by atoms with Gasteiger partial charge in [0.1, 0.15) is 0 Å². The number of hydrogen-bond acceptors (Lipinski definition) is 1. The van der Waals surface area contributed by atoms with Crippen LogP contribution in [0.4, 0.5) is 0 Å². The zero-order valence-electron chi connectivity index (χ0n) is 18.3. The lowest BCUT2D eigenvalue weighted by atomic mass is 9.48. The summed E-state index contributed by atoms with van der Waals surface area (Å²) >= 11 is 0. The van der Waals surface area contributed by atoms with Gasteiger partial charge in [-0.3, -0.25) is 0 Å². The number of nitrogens with one attached hydrogen (secondary N) is 1. The van der Waals surface area contributed by atoms with Crippen molar-refractivity contribution in [2.45, 2.75) is 104 Å². The molecule has 0 saturated heterocycles. The Morgan fingerprint density at radius 2 is 1.70 bits per heavy atom. The number of fused-ring (bicyclic) bond motifs is 2. The zero-order valence-corrected chi connectivity index (χ0v) is 18.3. The van der Waals surface area contributed by atoms with Crippen LogP contribution in [0.1, 0.15) is 98.3 Å². The molecule has 0 aromatic heterocycles. The van der Waals surface area contributed by atoms with E-state index in [2.05, 4.69) is 45.7 Å². The summed E-state index contributed by atoms with van der Waals surface area (Å²) in [6.07, 6.45) is 17.7. The summed E-state index contributed by atoms with van der Waals surface area (Å²) in [5.41, 5.74) is 7.66. The van der Waals surface area contributed by atoms with Crippen LogP contribution in [-0.2, 0) is 0 Å². The van der Waals surface area contributed by atoms with Crippen molar-refractivity contribution < 1.29 is 0 Å². The van der Waals surface area contributed by atoms with Crippen molar-refractivity contribution >= 4 is 0 Å². The van der Waals surface area contributed by atoms with Crippen LogP contribution in [0, 0.1) is 16.7 Å². The van der Waals surface area contributed by atoms with Gasteiger partial charge in [0.25, 0.3) is 0 Å². The smallest absolute Gasteiger partial charge is 0.0178 e. The van der Waals surface area contributed by atoms with Gasteiger partial charge in [0.2, 0.25) is 0 Å². The largest absolute Gasteiger partial charge is 0.308 e. The summed E-state index contributed by atoms with van der Waals surface area (Å²) in [5, 5.41) is 4.03. The van der Waals surface area contributed by atoms with Crippen molar-refractivity contribution in [1.29, 1.82) is 0 Å². The molecule has 0 amide bonds. The Morgan fingerprint density at radius 3 is 2.33 bits per heavy atom. The lowest BCUT2D eigenvalue weighted by Crippen LogP contribution is -2.50. The van der Waals surface area contributed by atoms with Gasteiger partial charge >= 0.3 is 0 Å². The first-order valence-electron chi connectivity index (χ1n) is 11.6. The van der Waals surface area contributed by atoms with Gasteiger partial charge < -0.3 is 5.32 Å². The minimum absolute atomic E-state index is 0.372. The quantitative estimate of drug-likeness (QED) is 0.522. The summed E-state index contributed by atoms with van der Waals surface area (Å²) in [7, 11) is 0. The minimum atomic E-state index is 0.372. The van der Waals surface area contributed by atoms with E-state index in [1.165, 1.54) is 76.2 Å². The first-order valence-corrected chi connectivity index (χ1v) is 11.6. The summed E-state index contributed by atoms with van der Waals surface area (Å²) in [5.74, 6) is 0.701. The van der Waals surface area contributed by atoms with Crippen LogP contribution in [0.3, 0.4) is 0 Å². The molecule has 0 aromatic carbocycles. The minimum Gasteiger partial charge on any atom is -0.308 e. The van der Waals surface area contributed by atoms with Crippen molar-refractivity contribution in [2.24, 2.45) is 16.7 Å². The van der Waals surface area contributed by atoms with E-state index in [-0.39, 0.29) is 0 Å². The van der Waals surface area contributed by atoms with Gasteiger partial charge in [0.15, 0.2) is 0 Å². The van der Waals surface area contributed by atoms with E-state index in [9.17, 15) is 0 Å². The highest BCUT2D eigenvalue weighted by Crippen LogP contribution is 2.66. The van der Waals surface area contributed by atoms with Crippen LogP contribution in [0.25, 0.3) is 0 Å². The first-order chi connectivity index (χ1) is 12.8. The van der Waals surface area contributed by atoms with Crippen LogP contribution < -0.4 is 5.32 Å². The maximum atomic E-state index is 4.30. The fraction of sp³-hybridized carbons (Fsp3) is 0.769. The second kappa shape index (κ2) is 6.90. The van der Waals surface area contributed by atoms with Crippen LogP contribution in [0.2, 0.25) is 0 Å². The molecule has 0 heterocycles. The molecule has 3 fully saturated rings. The third-order valence-corrected chi connectivity index (χ3v) is 9.21. The third-order valence-electron chi connectivity index (χ3n) is 9.21. The first kappa shape index (κ1) is 19.5. The molecule has 2 atom stereocenters. The molecule has 1 heteroatoms. The Morgan fingerprint density at radius 1 is 1.07 bits per heavy atom. The summed E-state index contributed by atoms with van der Waals surface area (Å²) in [6.45, 7) is 15.1. The maximum Gasteiger partial charge on any atom is 0.0178 e. The van der Waals surface area contributed by atoms with E-state index >= 15 is 0 Å². The summed E-state index contributed by atoms with van der Waals surface area (Å²) in [6, 6.07) is 0. The number of hydrogen-bond donors (Lipinski definition) is 1. The second-order valence-electron chi connectivity index (χ2n) is 10.9. The monoisotopic (exact) mass is 367 g/mol. The van der Waals surface area contributed by atoms with Gasteiger partial charge in [0, 0.05) is 17.5 Å².